The van der Waals surface area contributed by atoms with E-state index in [1.807, 2.05) is 24.5 Å². The second kappa shape index (κ2) is 10.8. The van der Waals surface area contributed by atoms with Crippen molar-refractivity contribution in [2.24, 2.45) is 0 Å². The van der Waals surface area contributed by atoms with Gasteiger partial charge in [0.1, 0.15) is 0 Å². The van der Waals surface area contributed by atoms with E-state index < -0.39 is 8.32 Å². The van der Waals surface area contributed by atoms with Gasteiger partial charge in [-0.3, -0.25) is 9.88 Å². The van der Waals surface area contributed by atoms with Crippen LogP contribution in [0.4, 0.5) is 0 Å². The highest BCUT2D eigenvalue weighted by atomic mass is 28.4. The Hall–Kier alpha value is -2.28. The molecular formula is C27H38N2O3Si. The van der Waals surface area contributed by atoms with Crippen molar-refractivity contribution in [3.8, 4) is 0 Å². The Morgan fingerprint density at radius 1 is 1.27 bits per heavy atom. The fourth-order valence-corrected chi connectivity index (χ4v) is 5.07. The molecule has 1 aromatic carbocycles. The van der Waals surface area contributed by atoms with E-state index in [1.54, 1.807) is 0 Å². The molecule has 1 aromatic heterocycles. The third kappa shape index (κ3) is 6.62. The number of esters is 1. The van der Waals surface area contributed by atoms with E-state index in [4.69, 9.17) is 9.16 Å². The van der Waals surface area contributed by atoms with Crippen LogP contribution in [0.25, 0.3) is 6.08 Å². The zero-order chi connectivity index (χ0) is 24.1. The summed E-state index contributed by atoms with van der Waals surface area (Å²) in [5.41, 5.74) is 4.98. The maximum Gasteiger partial charge on any atom is 0.330 e. The first kappa shape index (κ1) is 25.3. The fraction of sp³-hybridized carbons (Fsp3) is 0.481. The summed E-state index contributed by atoms with van der Waals surface area (Å²) in [7, 11) is -0.394. The number of ether oxygens (including phenoxy) is 1. The predicted octanol–water partition coefficient (Wildman–Crippen LogP) is 5.78. The van der Waals surface area contributed by atoms with Crippen LogP contribution in [-0.2, 0) is 26.9 Å². The van der Waals surface area contributed by atoms with Crippen LogP contribution in [0.3, 0.4) is 0 Å². The Morgan fingerprint density at radius 3 is 2.73 bits per heavy atom. The summed E-state index contributed by atoms with van der Waals surface area (Å²) < 4.78 is 11.2. The Kier molecular flexibility index (Phi) is 8.27. The van der Waals surface area contributed by atoms with Crippen LogP contribution in [0.1, 0.15) is 55.5 Å². The van der Waals surface area contributed by atoms with Gasteiger partial charge in [-0.15, -0.1) is 0 Å². The molecule has 1 aliphatic carbocycles. The second-order valence-corrected chi connectivity index (χ2v) is 15.1. The minimum absolute atomic E-state index is 0.204. The number of hydrogen-bond donors (Lipinski definition) is 0. The third-order valence-electron chi connectivity index (χ3n) is 7.02. The van der Waals surface area contributed by atoms with E-state index in [-0.39, 0.29) is 11.0 Å². The van der Waals surface area contributed by atoms with Crippen molar-refractivity contribution < 1.29 is 14.0 Å². The summed E-state index contributed by atoms with van der Waals surface area (Å²) in [6.07, 6.45) is 9.19. The molecule has 1 heterocycles. The number of carbonyl (C=O) groups is 1. The van der Waals surface area contributed by atoms with E-state index in [2.05, 4.69) is 68.0 Å². The normalized spacial score (nSPS) is 16.4. The molecule has 0 saturated heterocycles. The van der Waals surface area contributed by atoms with Gasteiger partial charge >= 0.3 is 5.97 Å². The molecule has 0 aliphatic heterocycles. The van der Waals surface area contributed by atoms with E-state index in [1.165, 1.54) is 29.9 Å². The van der Waals surface area contributed by atoms with Crippen molar-refractivity contribution in [2.45, 2.75) is 64.3 Å². The summed E-state index contributed by atoms with van der Waals surface area (Å²) >= 11 is 0. The minimum Gasteiger partial charge on any atom is -0.466 e. The molecule has 3 rings (SSSR count). The van der Waals surface area contributed by atoms with Crippen LogP contribution in [0.5, 0.6) is 0 Å². The molecule has 0 saturated carbocycles. The molecule has 1 atom stereocenters. The van der Waals surface area contributed by atoms with Gasteiger partial charge in [0.25, 0.3) is 0 Å². The number of pyridine rings is 1. The van der Waals surface area contributed by atoms with Crippen LogP contribution < -0.4 is 0 Å². The molecule has 0 fully saturated rings. The average molecular weight is 467 g/mol. The van der Waals surface area contributed by atoms with Crippen molar-refractivity contribution in [2.75, 3.05) is 20.3 Å². The summed E-state index contributed by atoms with van der Waals surface area (Å²) in [4.78, 5) is 18.3. The molecule has 5 nitrogen and oxygen atoms in total. The lowest BCUT2D eigenvalue weighted by Crippen LogP contribution is -2.43. The van der Waals surface area contributed by atoms with Crippen molar-refractivity contribution >= 4 is 20.4 Å². The van der Waals surface area contributed by atoms with E-state index in [0.29, 0.717) is 6.04 Å². The van der Waals surface area contributed by atoms with Gasteiger partial charge in [-0.25, -0.2) is 4.79 Å². The fourth-order valence-electron chi connectivity index (χ4n) is 4.04. The molecule has 0 radical (unpaired) electrons. The molecule has 0 bridgehead atoms. The quantitative estimate of drug-likeness (QED) is 0.266. The molecule has 0 N–H and O–H groups in total. The number of aryl methyl sites for hydroxylation is 1. The molecule has 2 aromatic rings. The lowest BCUT2D eigenvalue weighted by Gasteiger charge is -2.37. The van der Waals surface area contributed by atoms with Gasteiger partial charge in [0.05, 0.1) is 7.11 Å². The maximum atomic E-state index is 11.4. The SMILES string of the molecule is COC(=O)/C=C/c1ccc2c(c1)CCC2N(CCO[Si](C)(C)C(C)(C)C)Cc1cccnc1. The van der Waals surface area contributed by atoms with Gasteiger partial charge in [0.2, 0.25) is 0 Å². The van der Waals surface area contributed by atoms with Crippen LogP contribution in [0.15, 0.2) is 48.8 Å². The second-order valence-electron chi connectivity index (χ2n) is 10.3. The molecule has 0 amide bonds. The highest BCUT2D eigenvalue weighted by Crippen LogP contribution is 2.38. The highest BCUT2D eigenvalue weighted by Gasteiger charge is 2.37. The number of aromatic nitrogens is 1. The van der Waals surface area contributed by atoms with Crippen LogP contribution in [0, 0.1) is 0 Å². The number of fused-ring (bicyclic) bond motifs is 1. The zero-order valence-electron chi connectivity index (χ0n) is 20.9. The Labute approximate surface area is 200 Å². The van der Waals surface area contributed by atoms with Crippen LogP contribution in [0.2, 0.25) is 18.1 Å². The monoisotopic (exact) mass is 466 g/mol. The molecular weight excluding hydrogens is 428 g/mol. The average Bonchev–Trinajstić information content (AvgIpc) is 3.19. The maximum absolute atomic E-state index is 11.4. The zero-order valence-corrected chi connectivity index (χ0v) is 21.9. The van der Waals surface area contributed by atoms with Crippen molar-refractivity contribution in [1.82, 2.24) is 9.88 Å². The van der Waals surface area contributed by atoms with E-state index >= 15 is 0 Å². The summed E-state index contributed by atoms with van der Waals surface area (Å²) in [5.74, 6) is -0.335. The summed E-state index contributed by atoms with van der Waals surface area (Å²) in [6.45, 7) is 13.9. The number of hydrogen-bond acceptors (Lipinski definition) is 5. The molecule has 1 unspecified atom stereocenters. The van der Waals surface area contributed by atoms with Gasteiger partial charge in [0.15, 0.2) is 8.32 Å². The van der Waals surface area contributed by atoms with Crippen molar-refractivity contribution in [3.63, 3.8) is 0 Å². The molecule has 33 heavy (non-hydrogen) atoms. The predicted molar refractivity (Wildman–Crippen MR) is 136 cm³/mol. The van der Waals surface area contributed by atoms with Gasteiger partial charge in [-0.1, -0.05) is 45.0 Å². The third-order valence-corrected chi connectivity index (χ3v) is 11.6. The number of methoxy groups -OCH3 is 1. The van der Waals surface area contributed by atoms with Crippen LogP contribution >= 0.6 is 0 Å². The smallest absolute Gasteiger partial charge is 0.330 e. The van der Waals surface area contributed by atoms with Crippen LogP contribution in [-0.4, -0.2) is 44.4 Å². The number of carbonyl (C=O) groups excluding carboxylic acids is 1. The number of benzene rings is 1. The van der Waals surface area contributed by atoms with Gasteiger partial charge in [-0.2, -0.15) is 0 Å². The van der Waals surface area contributed by atoms with Gasteiger partial charge < -0.3 is 9.16 Å². The van der Waals surface area contributed by atoms with Crippen molar-refractivity contribution in [1.29, 1.82) is 0 Å². The first-order chi connectivity index (χ1) is 15.6. The Bertz CT molecular complexity index is 967. The summed E-state index contributed by atoms with van der Waals surface area (Å²) in [5, 5.41) is 0.204. The lowest BCUT2D eigenvalue weighted by atomic mass is 10.0. The molecule has 0 spiro atoms. The minimum atomic E-state index is -1.79. The Morgan fingerprint density at radius 2 is 2.06 bits per heavy atom. The molecule has 6 heteroatoms. The first-order valence-corrected chi connectivity index (χ1v) is 14.7. The Balaban J connectivity index is 1.77. The molecule has 1 aliphatic rings. The number of rotatable bonds is 9. The topological polar surface area (TPSA) is 51.7 Å². The lowest BCUT2D eigenvalue weighted by molar-refractivity contribution is -0.134. The summed E-state index contributed by atoms with van der Waals surface area (Å²) in [6, 6.07) is 11.0. The van der Waals surface area contributed by atoms with E-state index in [0.717, 1.165) is 38.1 Å². The molecule has 178 valence electrons. The van der Waals surface area contributed by atoms with Gasteiger partial charge in [-0.05, 0) is 65.4 Å². The first-order valence-electron chi connectivity index (χ1n) is 11.8. The standard InChI is InChI=1S/C27H38N2O3Si/c1-27(2,3)33(5,6)32-17-16-29(20-22-8-7-15-28-19-22)25-13-11-23-18-21(9-12-24(23)25)10-14-26(30)31-4/h7-10,12,14-15,18-19,25H,11,13,16-17,20H2,1-6H3/b14-10+. The van der Waals surface area contributed by atoms with Gasteiger partial charge in [0, 0.05) is 44.2 Å². The van der Waals surface area contributed by atoms with E-state index in [9.17, 15) is 4.79 Å². The highest BCUT2D eigenvalue weighted by molar-refractivity contribution is 6.74. The largest absolute Gasteiger partial charge is 0.466 e. The van der Waals surface area contributed by atoms with Crippen molar-refractivity contribution in [3.05, 3.63) is 71.1 Å². The number of nitrogens with zero attached hydrogens (tertiary/aromatic N) is 2.